The van der Waals surface area contributed by atoms with E-state index in [4.69, 9.17) is 9.15 Å². The van der Waals surface area contributed by atoms with Crippen LogP contribution in [0.1, 0.15) is 49.0 Å². The van der Waals surface area contributed by atoms with E-state index in [-0.39, 0.29) is 29.7 Å². The second kappa shape index (κ2) is 9.27. The van der Waals surface area contributed by atoms with Crippen LogP contribution >= 0.6 is 0 Å². The molecule has 0 atom stereocenters. The minimum absolute atomic E-state index is 0.0801. The van der Waals surface area contributed by atoms with E-state index in [9.17, 15) is 9.59 Å². The Bertz CT molecular complexity index is 902. The van der Waals surface area contributed by atoms with Crippen molar-refractivity contribution in [2.45, 2.75) is 57.7 Å². The van der Waals surface area contributed by atoms with Crippen molar-refractivity contribution in [3.8, 4) is 5.75 Å². The minimum atomic E-state index is -0.255. The van der Waals surface area contributed by atoms with Gasteiger partial charge in [0.2, 0.25) is 11.2 Å². The van der Waals surface area contributed by atoms with E-state index >= 15 is 0 Å². The Morgan fingerprint density at radius 2 is 1.97 bits per heavy atom. The predicted molar refractivity (Wildman–Crippen MR) is 110 cm³/mol. The molecule has 1 aliphatic heterocycles. The molecule has 0 spiro atoms. The summed E-state index contributed by atoms with van der Waals surface area (Å²) in [5, 5.41) is 2.98. The normalized spacial score (nSPS) is 17.5. The van der Waals surface area contributed by atoms with Crippen LogP contribution < -0.4 is 15.5 Å². The van der Waals surface area contributed by atoms with Gasteiger partial charge in [-0.05, 0) is 30.4 Å². The molecule has 1 aromatic carbocycles. The van der Waals surface area contributed by atoms with Gasteiger partial charge in [0.25, 0.3) is 5.91 Å². The maximum absolute atomic E-state index is 12.3. The lowest BCUT2D eigenvalue weighted by Gasteiger charge is -2.28. The molecule has 4 rings (SSSR count). The summed E-state index contributed by atoms with van der Waals surface area (Å²) in [4.78, 5) is 26.7. The Balaban J connectivity index is 1.29. The lowest BCUT2D eigenvalue weighted by Crippen LogP contribution is -2.39. The van der Waals surface area contributed by atoms with Gasteiger partial charge in [0.1, 0.15) is 12.0 Å². The highest BCUT2D eigenvalue weighted by atomic mass is 16.5. The van der Waals surface area contributed by atoms with Crippen molar-refractivity contribution in [1.29, 1.82) is 0 Å². The number of carbonyl (C=O) groups is 1. The largest absolute Gasteiger partial charge is 0.477 e. The summed E-state index contributed by atoms with van der Waals surface area (Å²) >= 11 is 0. The molecule has 2 aliphatic rings. The van der Waals surface area contributed by atoms with E-state index in [1.807, 2.05) is 0 Å². The summed E-state index contributed by atoms with van der Waals surface area (Å²) in [6.45, 7) is 2.19. The predicted octanol–water partition coefficient (Wildman–Crippen LogP) is 3.03. The van der Waals surface area contributed by atoms with Gasteiger partial charge in [-0.2, -0.15) is 0 Å². The molecule has 0 bridgehead atoms. The number of hydrogen-bond donors (Lipinski definition) is 1. The van der Waals surface area contributed by atoms with Crippen LogP contribution in [0.3, 0.4) is 0 Å². The van der Waals surface area contributed by atoms with Crippen LogP contribution in [-0.4, -0.2) is 30.0 Å². The number of nitrogens with one attached hydrogen (secondary N) is 1. The number of amides is 1. The molecular weight excluding hydrogens is 368 g/mol. The zero-order chi connectivity index (χ0) is 20.1. The molecule has 6 heteroatoms. The van der Waals surface area contributed by atoms with Gasteiger partial charge >= 0.3 is 0 Å². The Labute approximate surface area is 170 Å². The number of fused-ring (bicyclic) bond motifs is 1. The van der Waals surface area contributed by atoms with Crippen LogP contribution in [0.25, 0.3) is 0 Å². The number of ether oxygens (including phenoxy) is 1. The lowest BCUT2D eigenvalue weighted by molar-refractivity contribution is -0.124. The standard InChI is InChI=1S/C23H28N2O4/c26-21-12-20(14-25-11-10-17-6-4-5-7-18(17)13-25)28-15-22(21)29-16-23(27)24-19-8-2-1-3-9-19/h4-7,12,15,19H,1-3,8-11,13-14,16H2,(H,24,27). The van der Waals surface area contributed by atoms with Crippen molar-refractivity contribution in [2.75, 3.05) is 13.2 Å². The molecule has 1 aromatic heterocycles. The van der Waals surface area contributed by atoms with Crippen LogP contribution in [0, 0.1) is 0 Å². The molecule has 1 amide bonds. The van der Waals surface area contributed by atoms with Crippen LogP contribution in [0.4, 0.5) is 0 Å². The molecule has 6 nitrogen and oxygen atoms in total. The van der Waals surface area contributed by atoms with Crippen LogP contribution in [-0.2, 0) is 24.3 Å². The average Bonchev–Trinajstić information content (AvgIpc) is 2.74. The maximum atomic E-state index is 12.3. The van der Waals surface area contributed by atoms with Crippen LogP contribution in [0.15, 0.2) is 45.8 Å². The van der Waals surface area contributed by atoms with Crippen molar-refractivity contribution in [2.24, 2.45) is 0 Å². The number of benzene rings is 1. The summed E-state index contributed by atoms with van der Waals surface area (Å²) in [6, 6.07) is 10.1. The molecule has 154 valence electrons. The smallest absolute Gasteiger partial charge is 0.258 e. The molecule has 29 heavy (non-hydrogen) atoms. The van der Waals surface area contributed by atoms with Crippen molar-refractivity contribution in [3.05, 3.63) is 63.7 Å². The number of rotatable bonds is 6. The molecule has 1 N–H and O–H groups in total. The topological polar surface area (TPSA) is 71.8 Å². The van der Waals surface area contributed by atoms with E-state index in [0.717, 1.165) is 45.2 Å². The first kappa shape index (κ1) is 19.7. The van der Waals surface area contributed by atoms with Crippen molar-refractivity contribution in [1.82, 2.24) is 10.2 Å². The lowest BCUT2D eigenvalue weighted by atomic mass is 9.95. The van der Waals surface area contributed by atoms with Gasteiger partial charge in [0.05, 0.1) is 6.54 Å². The van der Waals surface area contributed by atoms with E-state index in [1.54, 1.807) is 0 Å². The molecule has 1 saturated carbocycles. The molecule has 2 heterocycles. The highest BCUT2D eigenvalue weighted by molar-refractivity contribution is 5.77. The van der Waals surface area contributed by atoms with Crippen molar-refractivity contribution < 1.29 is 13.9 Å². The van der Waals surface area contributed by atoms with Gasteiger partial charge < -0.3 is 14.5 Å². The molecule has 0 radical (unpaired) electrons. The fourth-order valence-corrected chi connectivity index (χ4v) is 4.20. The third kappa shape index (κ3) is 5.26. The summed E-state index contributed by atoms with van der Waals surface area (Å²) in [7, 11) is 0. The van der Waals surface area contributed by atoms with Crippen molar-refractivity contribution in [3.63, 3.8) is 0 Å². The Morgan fingerprint density at radius 1 is 1.17 bits per heavy atom. The molecule has 0 saturated heterocycles. The highest BCUT2D eigenvalue weighted by Crippen LogP contribution is 2.20. The fraction of sp³-hybridized carbons (Fsp3) is 0.478. The zero-order valence-corrected chi connectivity index (χ0v) is 16.7. The number of hydrogen-bond acceptors (Lipinski definition) is 5. The second-order valence-corrected chi connectivity index (χ2v) is 8.00. The van der Waals surface area contributed by atoms with Gasteiger partial charge in [0.15, 0.2) is 6.61 Å². The van der Waals surface area contributed by atoms with Gasteiger partial charge in [0, 0.05) is 25.2 Å². The molecule has 1 fully saturated rings. The van der Waals surface area contributed by atoms with E-state index in [1.165, 1.54) is 29.9 Å². The number of nitrogens with zero attached hydrogens (tertiary/aromatic N) is 1. The van der Waals surface area contributed by atoms with Gasteiger partial charge in [-0.15, -0.1) is 0 Å². The first-order valence-corrected chi connectivity index (χ1v) is 10.5. The second-order valence-electron chi connectivity index (χ2n) is 8.00. The van der Waals surface area contributed by atoms with E-state index in [2.05, 4.69) is 34.5 Å². The van der Waals surface area contributed by atoms with Gasteiger partial charge in [-0.1, -0.05) is 43.5 Å². The molecule has 2 aromatic rings. The summed E-state index contributed by atoms with van der Waals surface area (Å²) in [5.41, 5.74) is 2.46. The summed E-state index contributed by atoms with van der Waals surface area (Å²) < 4.78 is 11.0. The first-order chi connectivity index (χ1) is 14.2. The Morgan fingerprint density at radius 3 is 2.76 bits per heavy atom. The Kier molecular flexibility index (Phi) is 6.30. The van der Waals surface area contributed by atoms with Crippen molar-refractivity contribution >= 4 is 5.91 Å². The zero-order valence-electron chi connectivity index (χ0n) is 16.7. The van der Waals surface area contributed by atoms with Gasteiger partial charge in [-0.3, -0.25) is 14.5 Å². The molecular formula is C23H28N2O4. The van der Waals surface area contributed by atoms with Gasteiger partial charge in [-0.25, -0.2) is 0 Å². The molecule has 0 unspecified atom stereocenters. The Hall–Kier alpha value is -2.60. The first-order valence-electron chi connectivity index (χ1n) is 10.5. The number of carbonyl (C=O) groups excluding carboxylic acids is 1. The van der Waals surface area contributed by atoms with Crippen LogP contribution in [0.2, 0.25) is 0 Å². The highest BCUT2D eigenvalue weighted by Gasteiger charge is 2.18. The molecule has 1 aliphatic carbocycles. The fourth-order valence-electron chi connectivity index (χ4n) is 4.20. The SMILES string of the molecule is O=C(COc1coc(CN2CCc3ccccc3C2)cc1=O)NC1CCCCC1. The average molecular weight is 396 g/mol. The van der Waals surface area contributed by atoms with E-state index in [0.29, 0.717) is 12.3 Å². The minimum Gasteiger partial charge on any atom is -0.477 e. The quantitative estimate of drug-likeness (QED) is 0.813. The monoisotopic (exact) mass is 396 g/mol. The summed E-state index contributed by atoms with van der Waals surface area (Å²) in [5.74, 6) is 0.497. The summed E-state index contributed by atoms with van der Waals surface area (Å²) in [6.07, 6.45) is 7.90. The maximum Gasteiger partial charge on any atom is 0.258 e. The van der Waals surface area contributed by atoms with E-state index < -0.39 is 0 Å². The van der Waals surface area contributed by atoms with Crippen LogP contribution in [0.5, 0.6) is 5.75 Å². The third-order valence-corrected chi connectivity index (χ3v) is 5.77. The third-order valence-electron chi connectivity index (χ3n) is 5.77.